The van der Waals surface area contributed by atoms with Crippen LogP contribution in [-0.4, -0.2) is 37.2 Å². The molecule has 2 atom stereocenters. The van der Waals surface area contributed by atoms with Gasteiger partial charge in [0.15, 0.2) is 0 Å². The molecular weight excluding hydrogens is 555 g/mol. The number of carbonyl (C=O) groups excluding carboxylic acids is 1. The van der Waals surface area contributed by atoms with Gasteiger partial charge in [-0.1, -0.05) is 17.7 Å². The van der Waals surface area contributed by atoms with Crippen LogP contribution < -0.4 is 15.4 Å². The molecule has 1 fully saturated rings. The smallest absolute Gasteiger partial charge is 0.382 e. The van der Waals surface area contributed by atoms with Crippen molar-refractivity contribution in [1.82, 2.24) is 10.3 Å². The number of anilines is 2. The molecule has 0 aliphatic heterocycles. The van der Waals surface area contributed by atoms with Gasteiger partial charge in [-0.3, -0.25) is 9.52 Å². The maximum atomic E-state index is 13.4. The van der Waals surface area contributed by atoms with Crippen LogP contribution in [-0.2, 0) is 16.2 Å². The lowest BCUT2D eigenvalue weighted by Crippen LogP contribution is -2.41. The quantitative estimate of drug-likeness (QED) is 0.299. The van der Waals surface area contributed by atoms with Crippen molar-refractivity contribution in [2.75, 3.05) is 10.0 Å². The lowest BCUT2D eigenvalue weighted by Gasteiger charge is -2.31. The number of rotatable bonds is 7. The first kappa shape index (κ1) is 27.8. The normalized spacial score (nSPS) is 18.4. The second-order valence-electron chi connectivity index (χ2n) is 8.88. The maximum absolute atomic E-state index is 13.4. The number of amides is 1. The number of fused-ring (bicyclic) bond motifs is 1. The van der Waals surface area contributed by atoms with Crippen molar-refractivity contribution < 1.29 is 35.2 Å². The molecular formula is C24H22ClF5N4O3S. The number of nitrogens with one attached hydrogen (secondary N) is 3. The van der Waals surface area contributed by atoms with E-state index in [0.717, 1.165) is 12.1 Å². The van der Waals surface area contributed by atoms with Crippen molar-refractivity contribution in [3.8, 4) is 0 Å². The lowest BCUT2D eigenvalue weighted by atomic mass is 9.90. The molecule has 14 heteroatoms. The SMILES string of the molecule is O=C(N[C@@H]1CCC[C@H](Nc2cc(C(F)(F)F)nc3ccc(Cl)cc23)C1)c1cccc(NS(=O)(=O)C(F)F)c1. The van der Waals surface area contributed by atoms with E-state index in [4.69, 9.17) is 11.6 Å². The number of nitrogens with zero attached hydrogens (tertiary/aromatic N) is 1. The molecule has 4 rings (SSSR count). The van der Waals surface area contributed by atoms with Gasteiger partial charge in [0.2, 0.25) is 0 Å². The molecule has 1 amide bonds. The van der Waals surface area contributed by atoms with Crippen molar-refractivity contribution >= 4 is 49.8 Å². The highest BCUT2D eigenvalue weighted by atomic mass is 35.5. The van der Waals surface area contributed by atoms with Crippen LogP contribution in [0.15, 0.2) is 48.5 Å². The first-order chi connectivity index (χ1) is 17.8. The summed E-state index contributed by atoms with van der Waals surface area (Å²) in [7, 11) is -4.90. The highest BCUT2D eigenvalue weighted by Gasteiger charge is 2.34. The number of carbonyl (C=O) groups is 1. The van der Waals surface area contributed by atoms with Crippen LogP contribution in [0.4, 0.5) is 33.3 Å². The number of sulfonamides is 1. The molecule has 7 nitrogen and oxygen atoms in total. The Morgan fingerprint density at radius 3 is 2.50 bits per heavy atom. The number of hydrogen-bond acceptors (Lipinski definition) is 5. The minimum atomic E-state index is -4.90. The van der Waals surface area contributed by atoms with Crippen LogP contribution in [0.25, 0.3) is 10.9 Å². The Hall–Kier alpha value is -3.19. The number of pyridine rings is 1. The van der Waals surface area contributed by atoms with Gasteiger partial charge in [-0.2, -0.15) is 22.0 Å². The van der Waals surface area contributed by atoms with Crippen molar-refractivity contribution in [3.05, 3.63) is 64.8 Å². The van der Waals surface area contributed by atoms with Crippen LogP contribution in [0.5, 0.6) is 0 Å². The van der Waals surface area contributed by atoms with Gasteiger partial charge >= 0.3 is 11.9 Å². The zero-order valence-corrected chi connectivity index (χ0v) is 21.1. The van der Waals surface area contributed by atoms with Crippen molar-refractivity contribution in [3.63, 3.8) is 0 Å². The summed E-state index contributed by atoms with van der Waals surface area (Å²) < 4.78 is 90.2. The first-order valence-electron chi connectivity index (χ1n) is 11.5. The van der Waals surface area contributed by atoms with Crippen molar-refractivity contribution in [1.29, 1.82) is 0 Å². The molecule has 0 unspecified atom stereocenters. The predicted molar refractivity (Wildman–Crippen MR) is 134 cm³/mol. The molecule has 2 aromatic carbocycles. The van der Waals surface area contributed by atoms with E-state index in [2.05, 4.69) is 15.6 Å². The van der Waals surface area contributed by atoms with Crippen LogP contribution in [0.1, 0.15) is 41.7 Å². The Kier molecular flexibility index (Phi) is 7.98. The van der Waals surface area contributed by atoms with E-state index in [-0.39, 0.29) is 34.5 Å². The topological polar surface area (TPSA) is 100 Å². The molecule has 1 saturated carbocycles. The van der Waals surface area contributed by atoms with E-state index < -0.39 is 33.6 Å². The van der Waals surface area contributed by atoms with Crippen LogP contribution in [0.3, 0.4) is 0 Å². The Morgan fingerprint density at radius 2 is 1.79 bits per heavy atom. The van der Waals surface area contributed by atoms with Gasteiger partial charge in [-0.15, -0.1) is 0 Å². The minimum absolute atomic E-state index is 0.0548. The Morgan fingerprint density at radius 1 is 1.05 bits per heavy atom. The number of benzene rings is 2. The summed E-state index contributed by atoms with van der Waals surface area (Å²) in [5, 5.41) is 6.75. The molecule has 0 saturated heterocycles. The second-order valence-corrected chi connectivity index (χ2v) is 11.0. The number of hydrogen-bond donors (Lipinski definition) is 3. The van der Waals surface area contributed by atoms with E-state index in [1.54, 1.807) is 4.72 Å². The van der Waals surface area contributed by atoms with Crippen molar-refractivity contribution in [2.24, 2.45) is 0 Å². The van der Waals surface area contributed by atoms with Crippen LogP contribution >= 0.6 is 11.6 Å². The Labute approximate surface area is 219 Å². The Balaban J connectivity index is 1.48. The fraction of sp³-hybridized carbons (Fsp3) is 0.333. The maximum Gasteiger partial charge on any atom is 0.433 e. The summed E-state index contributed by atoms with van der Waals surface area (Å²) in [5.41, 5.74) is -0.822. The molecule has 1 heterocycles. The molecule has 1 aliphatic rings. The third-order valence-electron chi connectivity index (χ3n) is 6.05. The van der Waals surface area contributed by atoms with Crippen LogP contribution in [0, 0.1) is 0 Å². The minimum Gasteiger partial charge on any atom is -0.382 e. The molecule has 3 N–H and O–H groups in total. The van der Waals surface area contributed by atoms with E-state index in [1.807, 2.05) is 0 Å². The van der Waals surface area contributed by atoms with Gasteiger partial charge in [0, 0.05) is 39.4 Å². The van der Waals surface area contributed by atoms with E-state index >= 15 is 0 Å². The third-order valence-corrected chi connectivity index (χ3v) is 7.27. The molecule has 38 heavy (non-hydrogen) atoms. The van der Waals surface area contributed by atoms with Gasteiger partial charge < -0.3 is 10.6 Å². The number of alkyl halides is 5. The zero-order chi connectivity index (χ0) is 27.7. The summed E-state index contributed by atoms with van der Waals surface area (Å²) in [6, 6.07) is 9.85. The fourth-order valence-electron chi connectivity index (χ4n) is 4.34. The summed E-state index contributed by atoms with van der Waals surface area (Å²) >= 11 is 6.06. The largest absolute Gasteiger partial charge is 0.433 e. The summed E-state index contributed by atoms with van der Waals surface area (Å²) in [4.78, 5) is 16.5. The predicted octanol–water partition coefficient (Wildman–Crippen LogP) is 6.02. The van der Waals surface area contributed by atoms with Crippen LogP contribution in [0.2, 0.25) is 5.02 Å². The van der Waals surface area contributed by atoms with Gasteiger partial charge in [0.25, 0.3) is 15.9 Å². The molecule has 3 aromatic rings. The summed E-state index contributed by atoms with van der Waals surface area (Å²) in [6.07, 6.45) is -2.32. The molecule has 1 aromatic heterocycles. The third kappa shape index (κ3) is 6.62. The fourth-order valence-corrected chi connectivity index (χ4v) is 5.05. The number of aromatic nitrogens is 1. The first-order valence-corrected chi connectivity index (χ1v) is 13.4. The standard InChI is InChI=1S/C24H22ClF5N4O3S/c25-14-7-8-19-18(10-14)20(12-21(33-19)24(28,29)30)31-15-4-2-5-16(11-15)32-22(35)13-3-1-6-17(9-13)34-38(36,37)23(26)27/h1,3,6-10,12,15-16,23,34H,2,4-5,11H2,(H,31,33)(H,32,35)/t15-,16+/m0/s1. The lowest BCUT2D eigenvalue weighted by molar-refractivity contribution is -0.140. The highest BCUT2D eigenvalue weighted by Crippen LogP contribution is 2.35. The number of halogens is 6. The monoisotopic (exact) mass is 576 g/mol. The molecule has 0 bridgehead atoms. The van der Waals surface area contributed by atoms with Crippen molar-refractivity contribution in [2.45, 2.75) is 49.7 Å². The second kappa shape index (κ2) is 10.9. The van der Waals surface area contributed by atoms with E-state index in [9.17, 15) is 35.2 Å². The molecule has 0 spiro atoms. The van der Waals surface area contributed by atoms with Gasteiger partial charge in [0.05, 0.1) is 5.52 Å². The van der Waals surface area contributed by atoms with Gasteiger partial charge in [-0.25, -0.2) is 13.4 Å². The average molecular weight is 577 g/mol. The Bertz CT molecular complexity index is 1450. The van der Waals surface area contributed by atoms with Gasteiger partial charge in [0.1, 0.15) is 5.69 Å². The summed E-state index contributed by atoms with van der Waals surface area (Å²) in [6.45, 7) is 0. The van der Waals surface area contributed by atoms with Gasteiger partial charge in [-0.05, 0) is 68.1 Å². The average Bonchev–Trinajstić information content (AvgIpc) is 2.83. The highest BCUT2D eigenvalue weighted by molar-refractivity contribution is 7.93. The molecule has 1 aliphatic carbocycles. The van der Waals surface area contributed by atoms with E-state index in [1.165, 1.54) is 36.4 Å². The zero-order valence-electron chi connectivity index (χ0n) is 19.5. The summed E-state index contributed by atoms with van der Waals surface area (Å²) in [5.74, 6) is -4.18. The molecule has 204 valence electrons. The molecule has 0 radical (unpaired) electrons. The van der Waals surface area contributed by atoms with E-state index in [0.29, 0.717) is 36.1 Å².